The van der Waals surface area contributed by atoms with Crippen molar-refractivity contribution in [1.29, 1.82) is 0 Å². The number of benzene rings is 1. The van der Waals surface area contributed by atoms with Gasteiger partial charge in [-0.1, -0.05) is 5.21 Å². The highest BCUT2D eigenvalue weighted by Crippen LogP contribution is 2.27. The number of rotatable bonds is 4. The normalized spacial score (nSPS) is 19.5. The molecule has 1 aromatic carbocycles. The highest BCUT2D eigenvalue weighted by atomic mass is 16.1. The highest BCUT2D eigenvalue weighted by Gasteiger charge is 2.28. The first-order valence-electron chi connectivity index (χ1n) is 9.15. The molecule has 2 unspecified atom stereocenters. The van der Waals surface area contributed by atoms with Crippen molar-refractivity contribution in [2.75, 3.05) is 5.32 Å². The van der Waals surface area contributed by atoms with Crippen LogP contribution in [-0.4, -0.2) is 46.7 Å². The Balaban J connectivity index is 1.47. The Hall–Kier alpha value is -3.56. The van der Waals surface area contributed by atoms with Gasteiger partial charge in [0.2, 0.25) is 11.9 Å². The molecule has 3 aromatic heterocycles. The number of hydrogen-bond acceptors (Lipinski definition) is 7. The second-order valence-electron chi connectivity index (χ2n) is 7.20. The van der Waals surface area contributed by atoms with Crippen LogP contribution in [0, 0.1) is 5.92 Å². The van der Waals surface area contributed by atoms with E-state index in [0.29, 0.717) is 23.5 Å². The van der Waals surface area contributed by atoms with Crippen LogP contribution in [0.25, 0.3) is 27.8 Å². The summed E-state index contributed by atoms with van der Waals surface area (Å²) in [5.74, 6) is 0.163. The van der Waals surface area contributed by atoms with Crippen LogP contribution in [0.5, 0.6) is 0 Å². The third-order valence-corrected chi connectivity index (χ3v) is 5.21. The van der Waals surface area contributed by atoms with Crippen LogP contribution in [0.2, 0.25) is 0 Å². The fourth-order valence-corrected chi connectivity index (χ4v) is 3.78. The Morgan fingerprint density at radius 1 is 1.29 bits per heavy atom. The van der Waals surface area contributed by atoms with E-state index in [1.165, 1.54) is 0 Å². The summed E-state index contributed by atoms with van der Waals surface area (Å²) in [6.07, 6.45) is 5.96. The fourth-order valence-electron chi connectivity index (χ4n) is 3.78. The number of primary amides is 1. The first-order valence-corrected chi connectivity index (χ1v) is 9.15. The van der Waals surface area contributed by atoms with Crippen molar-refractivity contribution < 1.29 is 4.79 Å². The zero-order valence-electron chi connectivity index (χ0n) is 15.3. The predicted molar refractivity (Wildman–Crippen MR) is 103 cm³/mol. The van der Waals surface area contributed by atoms with Crippen LogP contribution in [0.15, 0.2) is 30.6 Å². The third kappa shape index (κ3) is 2.82. The number of carbonyl (C=O) groups excluding carboxylic acids is 1. The van der Waals surface area contributed by atoms with Crippen molar-refractivity contribution >= 4 is 33.9 Å². The molecule has 4 aromatic rings. The second-order valence-corrected chi connectivity index (χ2v) is 7.20. The lowest BCUT2D eigenvalue weighted by molar-refractivity contribution is -0.121. The smallest absolute Gasteiger partial charge is 0.225 e. The Morgan fingerprint density at radius 2 is 2.18 bits per heavy atom. The van der Waals surface area contributed by atoms with Crippen molar-refractivity contribution in [1.82, 2.24) is 34.7 Å². The number of aromatic nitrogens is 7. The largest absolute Gasteiger partial charge is 0.369 e. The molecule has 3 heterocycles. The van der Waals surface area contributed by atoms with Gasteiger partial charge in [-0.2, -0.15) is 14.8 Å². The first-order chi connectivity index (χ1) is 13.6. The van der Waals surface area contributed by atoms with E-state index in [0.717, 1.165) is 29.4 Å². The molecule has 0 aliphatic heterocycles. The molecule has 0 bridgehead atoms. The molecular weight excluding hydrogens is 358 g/mol. The van der Waals surface area contributed by atoms with Crippen LogP contribution >= 0.6 is 0 Å². The van der Waals surface area contributed by atoms with Gasteiger partial charge in [0.25, 0.3) is 0 Å². The summed E-state index contributed by atoms with van der Waals surface area (Å²) in [6.45, 7) is 0. The van der Waals surface area contributed by atoms with Gasteiger partial charge in [0.05, 0.1) is 17.4 Å². The number of hydrogen-bond donors (Lipinski definition) is 2. The molecular formula is C18H19N9O. The van der Waals surface area contributed by atoms with Gasteiger partial charge in [-0.3, -0.25) is 9.48 Å². The van der Waals surface area contributed by atoms with Crippen molar-refractivity contribution in [3.05, 3.63) is 30.6 Å². The molecule has 28 heavy (non-hydrogen) atoms. The summed E-state index contributed by atoms with van der Waals surface area (Å²) in [5.41, 5.74) is 8.33. The number of nitrogens with zero attached hydrogens (tertiary/aromatic N) is 7. The lowest BCUT2D eigenvalue weighted by Crippen LogP contribution is -2.23. The number of aryl methyl sites for hydroxylation is 1. The van der Waals surface area contributed by atoms with Crippen molar-refractivity contribution in [2.45, 2.75) is 25.3 Å². The predicted octanol–water partition coefficient (Wildman–Crippen LogP) is 1.16. The number of carbonyl (C=O) groups is 1. The number of nitrogens with two attached hydrogens (primary N) is 1. The van der Waals surface area contributed by atoms with E-state index in [1.807, 2.05) is 31.4 Å². The average molecular weight is 377 g/mol. The Bertz CT molecular complexity index is 1190. The number of fused-ring (bicyclic) bond motifs is 2. The summed E-state index contributed by atoms with van der Waals surface area (Å²) in [7, 11) is 1.89. The standard InChI is InChI=1S/C18H19N9O/c1-26-9-11-3-5-13(7-14(11)24-26)27-17-15(23-25-27)8-20-18(22-17)21-12-4-2-10(6-12)16(19)28/h3,5,7-10,12H,2,4,6H2,1H3,(H2,19,28)(H,20,21,22). The van der Waals surface area contributed by atoms with Crippen molar-refractivity contribution in [3.8, 4) is 5.69 Å². The maximum Gasteiger partial charge on any atom is 0.225 e. The third-order valence-electron chi connectivity index (χ3n) is 5.21. The molecule has 1 fully saturated rings. The molecule has 1 amide bonds. The highest BCUT2D eigenvalue weighted by molar-refractivity contribution is 5.81. The van der Waals surface area contributed by atoms with Gasteiger partial charge in [-0.05, 0) is 37.5 Å². The quantitative estimate of drug-likeness (QED) is 0.546. The average Bonchev–Trinajstić information content (AvgIpc) is 3.38. The monoisotopic (exact) mass is 377 g/mol. The Kier molecular flexibility index (Phi) is 3.71. The minimum atomic E-state index is -0.243. The minimum absolute atomic E-state index is 0.0847. The summed E-state index contributed by atoms with van der Waals surface area (Å²) < 4.78 is 3.45. The molecule has 1 saturated carbocycles. The fraction of sp³-hybridized carbons (Fsp3) is 0.333. The summed E-state index contributed by atoms with van der Waals surface area (Å²) in [5, 5.41) is 17.2. The number of nitrogens with one attached hydrogen (secondary N) is 1. The molecule has 0 radical (unpaired) electrons. The lowest BCUT2D eigenvalue weighted by Gasteiger charge is -2.12. The van der Waals surface area contributed by atoms with Crippen LogP contribution in [0.4, 0.5) is 5.95 Å². The van der Waals surface area contributed by atoms with E-state index in [1.54, 1.807) is 15.6 Å². The van der Waals surface area contributed by atoms with Crippen LogP contribution in [0.1, 0.15) is 19.3 Å². The topological polar surface area (TPSA) is 129 Å². The SMILES string of the molecule is Cn1cc2ccc(-n3nnc4cnc(NC5CCC(C(N)=O)C5)nc43)cc2n1. The van der Waals surface area contributed by atoms with Gasteiger partial charge in [-0.15, -0.1) is 5.10 Å². The lowest BCUT2D eigenvalue weighted by atomic mass is 10.1. The zero-order chi connectivity index (χ0) is 19.3. The van der Waals surface area contributed by atoms with E-state index < -0.39 is 0 Å². The molecule has 3 N–H and O–H groups in total. The summed E-state index contributed by atoms with van der Waals surface area (Å²) in [6, 6.07) is 6.03. The molecule has 10 nitrogen and oxygen atoms in total. The van der Waals surface area contributed by atoms with Gasteiger partial charge < -0.3 is 11.1 Å². The second kappa shape index (κ2) is 6.25. The molecule has 0 spiro atoms. The van der Waals surface area contributed by atoms with E-state index in [4.69, 9.17) is 5.73 Å². The van der Waals surface area contributed by atoms with Crippen molar-refractivity contribution in [3.63, 3.8) is 0 Å². The van der Waals surface area contributed by atoms with E-state index >= 15 is 0 Å². The Labute approximate surface area is 159 Å². The number of amides is 1. The van der Waals surface area contributed by atoms with Crippen LogP contribution in [0.3, 0.4) is 0 Å². The van der Waals surface area contributed by atoms with E-state index in [9.17, 15) is 4.79 Å². The van der Waals surface area contributed by atoms with E-state index in [-0.39, 0.29) is 17.9 Å². The number of anilines is 1. The molecule has 142 valence electrons. The van der Waals surface area contributed by atoms with Gasteiger partial charge in [-0.25, -0.2) is 4.98 Å². The Morgan fingerprint density at radius 3 is 3.00 bits per heavy atom. The molecule has 1 aliphatic rings. The zero-order valence-corrected chi connectivity index (χ0v) is 15.3. The maximum absolute atomic E-state index is 11.4. The summed E-state index contributed by atoms with van der Waals surface area (Å²) in [4.78, 5) is 20.3. The molecule has 10 heteroatoms. The molecule has 2 atom stereocenters. The van der Waals surface area contributed by atoms with Crippen LogP contribution in [-0.2, 0) is 11.8 Å². The molecule has 5 rings (SSSR count). The maximum atomic E-state index is 11.4. The minimum Gasteiger partial charge on any atom is -0.369 e. The molecule has 0 saturated heterocycles. The van der Waals surface area contributed by atoms with Gasteiger partial charge in [0, 0.05) is 30.6 Å². The van der Waals surface area contributed by atoms with Gasteiger partial charge in [0.15, 0.2) is 11.2 Å². The van der Waals surface area contributed by atoms with E-state index in [2.05, 4.69) is 30.7 Å². The first kappa shape index (κ1) is 16.6. The summed E-state index contributed by atoms with van der Waals surface area (Å²) >= 11 is 0. The van der Waals surface area contributed by atoms with Gasteiger partial charge in [0.1, 0.15) is 0 Å². The van der Waals surface area contributed by atoms with Crippen LogP contribution < -0.4 is 11.1 Å². The van der Waals surface area contributed by atoms with Crippen molar-refractivity contribution in [2.24, 2.45) is 18.7 Å². The molecule has 1 aliphatic carbocycles. The van der Waals surface area contributed by atoms with Gasteiger partial charge >= 0.3 is 0 Å².